The first-order valence-electron chi connectivity index (χ1n) is 4.19. The zero-order valence-electron chi connectivity index (χ0n) is 8.10. The predicted octanol–water partition coefficient (Wildman–Crippen LogP) is 3.88. The standard InChI is InChI=1S/C10H14BrNS/c1-6(2)7-4-8(11)10(12)9(5-7)13-3/h4-6H,12H2,1-3H3. The highest BCUT2D eigenvalue weighted by Gasteiger charge is 2.07. The van der Waals surface area contributed by atoms with Crippen molar-refractivity contribution in [2.45, 2.75) is 24.7 Å². The first-order chi connectivity index (χ1) is 6.06. The Morgan fingerprint density at radius 3 is 2.46 bits per heavy atom. The summed E-state index contributed by atoms with van der Waals surface area (Å²) in [5, 5.41) is 0. The molecule has 3 heteroatoms. The number of nitrogen functional groups attached to an aromatic ring is 1. The molecule has 0 saturated carbocycles. The van der Waals surface area contributed by atoms with Gasteiger partial charge < -0.3 is 5.73 Å². The topological polar surface area (TPSA) is 26.0 Å². The van der Waals surface area contributed by atoms with Crippen LogP contribution in [0.3, 0.4) is 0 Å². The second-order valence-electron chi connectivity index (χ2n) is 3.27. The van der Waals surface area contributed by atoms with Crippen LogP contribution in [-0.4, -0.2) is 6.26 Å². The molecule has 0 fully saturated rings. The molecule has 0 atom stereocenters. The number of anilines is 1. The van der Waals surface area contributed by atoms with Crippen LogP contribution in [0, 0.1) is 0 Å². The largest absolute Gasteiger partial charge is 0.397 e. The van der Waals surface area contributed by atoms with Gasteiger partial charge in [-0.1, -0.05) is 13.8 Å². The van der Waals surface area contributed by atoms with E-state index in [2.05, 4.69) is 41.9 Å². The molecule has 13 heavy (non-hydrogen) atoms. The van der Waals surface area contributed by atoms with Gasteiger partial charge in [-0.05, 0) is 45.8 Å². The highest BCUT2D eigenvalue weighted by molar-refractivity contribution is 9.10. The molecule has 1 aromatic carbocycles. The Bertz CT molecular complexity index is 310. The highest BCUT2D eigenvalue weighted by Crippen LogP contribution is 2.33. The molecule has 0 amide bonds. The molecule has 0 heterocycles. The third-order valence-corrected chi connectivity index (χ3v) is 3.43. The summed E-state index contributed by atoms with van der Waals surface area (Å²) in [7, 11) is 0. The molecule has 0 aliphatic rings. The monoisotopic (exact) mass is 259 g/mol. The van der Waals surface area contributed by atoms with Gasteiger partial charge in [-0.15, -0.1) is 11.8 Å². The molecule has 0 aromatic heterocycles. The average Bonchev–Trinajstić information content (AvgIpc) is 2.09. The van der Waals surface area contributed by atoms with Gasteiger partial charge in [0.1, 0.15) is 0 Å². The summed E-state index contributed by atoms with van der Waals surface area (Å²) >= 11 is 5.15. The highest BCUT2D eigenvalue weighted by atomic mass is 79.9. The van der Waals surface area contributed by atoms with Gasteiger partial charge in [-0.25, -0.2) is 0 Å². The van der Waals surface area contributed by atoms with Gasteiger partial charge in [-0.3, -0.25) is 0 Å². The summed E-state index contributed by atoms with van der Waals surface area (Å²) in [5.41, 5.74) is 8.06. The number of halogens is 1. The van der Waals surface area contributed by atoms with Crippen LogP contribution in [0.5, 0.6) is 0 Å². The third kappa shape index (κ3) is 2.41. The minimum atomic E-state index is 0.544. The molecule has 1 nitrogen and oxygen atoms in total. The lowest BCUT2D eigenvalue weighted by Gasteiger charge is -2.11. The Labute approximate surface area is 92.2 Å². The first kappa shape index (κ1) is 10.9. The molecule has 72 valence electrons. The van der Waals surface area contributed by atoms with Crippen molar-refractivity contribution in [2.24, 2.45) is 0 Å². The average molecular weight is 260 g/mol. The number of benzene rings is 1. The summed E-state index contributed by atoms with van der Waals surface area (Å²) < 4.78 is 1.00. The molecular formula is C10H14BrNS. The number of rotatable bonds is 2. The van der Waals surface area contributed by atoms with Crippen molar-refractivity contribution in [3.63, 3.8) is 0 Å². The summed E-state index contributed by atoms with van der Waals surface area (Å²) in [4.78, 5) is 1.15. The molecule has 0 radical (unpaired) electrons. The van der Waals surface area contributed by atoms with Gasteiger partial charge in [0.2, 0.25) is 0 Å². The fourth-order valence-corrected chi connectivity index (χ4v) is 2.31. The van der Waals surface area contributed by atoms with Crippen molar-refractivity contribution < 1.29 is 0 Å². The van der Waals surface area contributed by atoms with Crippen molar-refractivity contribution in [3.8, 4) is 0 Å². The molecule has 1 rings (SSSR count). The second-order valence-corrected chi connectivity index (χ2v) is 4.98. The summed E-state index contributed by atoms with van der Waals surface area (Å²) in [6, 6.07) is 4.26. The lowest BCUT2D eigenvalue weighted by Crippen LogP contribution is -1.94. The Morgan fingerprint density at radius 2 is 2.00 bits per heavy atom. The van der Waals surface area contributed by atoms with Gasteiger partial charge in [0.25, 0.3) is 0 Å². The second kappa shape index (κ2) is 4.38. The van der Waals surface area contributed by atoms with Crippen molar-refractivity contribution in [2.75, 3.05) is 12.0 Å². The van der Waals surface area contributed by atoms with Crippen molar-refractivity contribution in [1.29, 1.82) is 0 Å². The van der Waals surface area contributed by atoms with E-state index in [4.69, 9.17) is 5.73 Å². The molecule has 2 N–H and O–H groups in total. The van der Waals surface area contributed by atoms with E-state index in [1.807, 2.05) is 6.26 Å². The quantitative estimate of drug-likeness (QED) is 0.645. The fraction of sp³-hybridized carbons (Fsp3) is 0.400. The van der Waals surface area contributed by atoms with E-state index >= 15 is 0 Å². The van der Waals surface area contributed by atoms with Crippen LogP contribution in [0.4, 0.5) is 5.69 Å². The SMILES string of the molecule is CSc1cc(C(C)C)cc(Br)c1N. The van der Waals surface area contributed by atoms with Crippen molar-refractivity contribution in [3.05, 3.63) is 22.2 Å². The van der Waals surface area contributed by atoms with E-state index in [9.17, 15) is 0 Å². The maximum Gasteiger partial charge on any atom is 0.0596 e. The lowest BCUT2D eigenvalue weighted by molar-refractivity contribution is 0.861. The van der Waals surface area contributed by atoms with Gasteiger partial charge in [0.15, 0.2) is 0 Å². The summed E-state index contributed by atoms with van der Waals surface area (Å²) in [6.45, 7) is 4.37. The Kier molecular flexibility index (Phi) is 3.68. The minimum Gasteiger partial charge on any atom is -0.397 e. The summed E-state index contributed by atoms with van der Waals surface area (Å²) in [5.74, 6) is 0.544. The smallest absolute Gasteiger partial charge is 0.0596 e. The van der Waals surface area contributed by atoms with E-state index in [0.29, 0.717) is 5.92 Å². The number of nitrogens with two attached hydrogens (primary N) is 1. The van der Waals surface area contributed by atoms with Crippen LogP contribution < -0.4 is 5.73 Å². The van der Waals surface area contributed by atoms with E-state index in [-0.39, 0.29) is 0 Å². The molecule has 0 unspecified atom stereocenters. The maximum absolute atomic E-state index is 5.89. The van der Waals surface area contributed by atoms with Crippen LogP contribution in [0.15, 0.2) is 21.5 Å². The van der Waals surface area contributed by atoms with E-state index < -0.39 is 0 Å². The molecular weight excluding hydrogens is 246 g/mol. The van der Waals surface area contributed by atoms with Crippen molar-refractivity contribution >= 4 is 33.4 Å². The molecule has 0 saturated heterocycles. The van der Waals surface area contributed by atoms with Crippen LogP contribution in [-0.2, 0) is 0 Å². The Balaban J connectivity index is 3.22. The zero-order valence-corrected chi connectivity index (χ0v) is 10.5. The zero-order chi connectivity index (χ0) is 10.0. The van der Waals surface area contributed by atoms with E-state index in [0.717, 1.165) is 15.1 Å². The normalized spacial score (nSPS) is 10.8. The van der Waals surface area contributed by atoms with Gasteiger partial charge in [-0.2, -0.15) is 0 Å². The fourth-order valence-electron chi connectivity index (χ4n) is 1.11. The van der Waals surface area contributed by atoms with E-state index in [1.165, 1.54) is 5.56 Å². The Hall–Kier alpha value is -0.150. The number of hydrogen-bond acceptors (Lipinski definition) is 2. The van der Waals surface area contributed by atoms with Crippen LogP contribution >= 0.6 is 27.7 Å². The van der Waals surface area contributed by atoms with Gasteiger partial charge in [0, 0.05) is 9.37 Å². The molecule has 0 bridgehead atoms. The molecule has 0 spiro atoms. The van der Waals surface area contributed by atoms with Gasteiger partial charge in [0.05, 0.1) is 5.69 Å². The van der Waals surface area contributed by atoms with Crippen LogP contribution in [0.1, 0.15) is 25.3 Å². The third-order valence-electron chi connectivity index (χ3n) is 2.00. The molecule has 0 aliphatic heterocycles. The molecule has 1 aromatic rings. The first-order valence-corrected chi connectivity index (χ1v) is 6.21. The lowest BCUT2D eigenvalue weighted by atomic mass is 10.0. The molecule has 0 aliphatic carbocycles. The maximum atomic E-state index is 5.89. The van der Waals surface area contributed by atoms with Gasteiger partial charge >= 0.3 is 0 Å². The minimum absolute atomic E-state index is 0.544. The van der Waals surface area contributed by atoms with Crippen molar-refractivity contribution in [1.82, 2.24) is 0 Å². The van der Waals surface area contributed by atoms with Crippen LogP contribution in [0.25, 0.3) is 0 Å². The van der Waals surface area contributed by atoms with E-state index in [1.54, 1.807) is 11.8 Å². The number of hydrogen-bond donors (Lipinski definition) is 1. The Morgan fingerprint density at radius 1 is 1.38 bits per heavy atom. The predicted molar refractivity (Wildman–Crippen MR) is 64.4 cm³/mol. The van der Waals surface area contributed by atoms with Crippen LogP contribution in [0.2, 0.25) is 0 Å². The summed E-state index contributed by atoms with van der Waals surface area (Å²) in [6.07, 6.45) is 2.04. The number of thioether (sulfide) groups is 1.